The summed E-state index contributed by atoms with van der Waals surface area (Å²) in [5.41, 5.74) is 7.44. The first kappa shape index (κ1) is 17.3. The lowest BCUT2D eigenvalue weighted by Gasteiger charge is -2.09. The van der Waals surface area contributed by atoms with Gasteiger partial charge in [-0.25, -0.2) is 10.2 Å². The largest absolute Gasteiger partial charge is 0.497 e. The zero-order valence-corrected chi connectivity index (χ0v) is 14.3. The van der Waals surface area contributed by atoms with Crippen LogP contribution in [0.4, 0.5) is 10.5 Å². The fourth-order valence-electron chi connectivity index (χ4n) is 2.61. The molecule has 1 heterocycles. The van der Waals surface area contributed by atoms with Crippen LogP contribution in [0.5, 0.6) is 5.75 Å². The number of anilines is 1. The minimum Gasteiger partial charge on any atom is -0.497 e. The molecular formula is C19H20N4O3. The van der Waals surface area contributed by atoms with E-state index in [9.17, 15) is 9.59 Å². The van der Waals surface area contributed by atoms with Crippen LogP contribution in [-0.2, 0) is 11.2 Å². The van der Waals surface area contributed by atoms with Crippen molar-refractivity contribution in [3.8, 4) is 5.75 Å². The lowest BCUT2D eigenvalue weighted by Crippen LogP contribution is -2.43. The number of amides is 3. The minimum absolute atomic E-state index is 0.264. The number of hydrogen-bond donors (Lipinski definition) is 4. The number of H-pyrrole nitrogens is 1. The predicted octanol–water partition coefficient (Wildman–Crippen LogP) is 2.96. The second-order valence-electron chi connectivity index (χ2n) is 5.72. The van der Waals surface area contributed by atoms with Crippen molar-refractivity contribution in [2.75, 3.05) is 12.4 Å². The number of ether oxygens (including phenoxy) is 1. The lowest BCUT2D eigenvalue weighted by molar-refractivity contribution is -0.121. The van der Waals surface area contributed by atoms with E-state index < -0.39 is 6.03 Å². The van der Waals surface area contributed by atoms with Crippen molar-refractivity contribution in [2.24, 2.45) is 0 Å². The first-order chi connectivity index (χ1) is 12.7. The standard InChI is InChI=1S/C19H20N4O3/c1-26-15-9-7-14(8-10-15)21-19(25)23-22-18(24)11-6-13-12-20-17-5-3-2-4-16(13)17/h2-5,7-10,12,20H,6,11H2,1H3,(H,22,24)(H2,21,23,25). The lowest BCUT2D eigenvalue weighted by atomic mass is 10.1. The van der Waals surface area contributed by atoms with Crippen LogP contribution in [0.15, 0.2) is 54.7 Å². The number of aryl methyl sites for hydroxylation is 1. The van der Waals surface area contributed by atoms with E-state index in [0.29, 0.717) is 17.9 Å². The highest BCUT2D eigenvalue weighted by Crippen LogP contribution is 2.18. The van der Waals surface area contributed by atoms with Gasteiger partial charge in [0.1, 0.15) is 5.75 Å². The molecule has 3 rings (SSSR count). The van der Waals surface area contributed by atoms with Gasteiger partial charge in [-0.2, -0.15) is 0 Å². The minimum atomic E-state index is -0.518. The number of aromatic nitrogens is 1. The molecular weight excluding hydrogens is 332 g/mol. The molecule has 26 heavy (non-hydrogen) atoms. The van der Waals surface area contributed by atoms with Crippen LogP contribution in [0, 0.1) is 0 Å². The number of rotatable bonds is 5. The van der Waals surface area contributed by atoms with E-state index in [1.54, 1.807) is 31.4 Å². The summed E-state index contributed by atoms with van der Waals surface area (Å²) >= 11 is 0. The van der Waals surface area contributed by atoms with Crippen LogP contribution in [0.1, 0.15) is 12.0 Å². The summed E-state index contributed by atoms with van der Waals surface area (Å²) in [6, 6.07) is 14.3. The summed E-state index contributed by atoms with van der Waals surface area (Å²) in [4.78, 5) is 26.9. The van der Waals surface area contributed by atoms with Crippen molar-refractivity contribution in [3.63, 3.8) is 0 Å². The molecule has 1 aromatic heterocycles. The van der Waals surface area contributed by atoms with E-state index in [1.807, 2.05) is 30.5 Å². The van der Waals surface area contributed by atoms with Crippen molar-refractivity contribution >= 4 is 28.5 Å². The second-order valence-corrected chi connectivity index (χ2v) is 5.72. The first-order valence-corrected chi connectivity index (χ1v) is 8.20. The molecule has 2 aromatic carbocycles. The molecule has 0 radical (unpaired) electrons. The van der Waals surface area contributed by atoms with Gasteiger partial charge in [0.25, 0.3) is 0 Å². The average molecular weight is 352 g/mol. The van der Waals surface area contributed by atoms with Gasteiger partial charge in [0.15, 0.2) is 0 Å². The quantitative estimate of drug-likeness (QED) is 0.532. The van der Waals surface area contributed by atoms with E-state index >= 15 is 0 Å². The van der Waals surface area contributed by atoms with E-state index in [4.69, 9.17) is 4.74 Å². The molecule has 0 aliphatic heterocycles. The highest BCUT2D eigenvalue weighted by molar-refractivity contribution is 5.91. The first-order valence-electron chi connectivity index (χ1n) is 8.20. The average Bonchev–Trinajstić information content (AvgIpc) is 3.08. The van der Waals surface area contributed by atoms with Gasteiger partial charge in [0, 0.05) is 29.2 Å². The smallest absolute Gasteiger partial charge is 0.337 e. The Morgan fingerprint density at radius 3 is 2.58 bits per heavy atom. The molecule has 0 saturated carbocycles. The highest BCUT2D eigenvalue weighted by atomic mass is 16.5. The normalized spacial score (nSPS) is 10.3. The second kappa shape index (κ2) is 8.06. The molecule has 0 atom stereocenters. The third-order valence-corrected chi connectivity index (χ3v) is 3.96. The van der Waals surface area contributed by atoms with Crippen LogP contribution in [0.25, 0.3) is 10.9 Å². The Hall–Kier alpha value is -3.48. The summed E-state index contributed by atoms with van der Waals surface area (Å²) in [5.74, 6) is 0.432. The summed E-state index contributed by atoms with van der Waals surface area (Å²) in [6.07, 6.45) is 2.75. The Labute approximate surface area is 150 Å². The molecule has 0 saturated heterocycles. The predicted molar refractivity (Wildman–Crippen MR) is 99.9 cm³/mol. The number of fused-ring (bicyclic) bond motifs is 1. The molecule has 0 aliphatic carbocycles. The van der Waals surface area contributed by atoms with Crippen molar-refractivity contribution in [2.45, 2.75) is 12.8 Å². The number of nitrogens with one attached hydrogen (secondary N) is 4. The van der Waals surface area contributed by atoms with Crippen molar-refractivity contribution < 1.29 is 14.3 Å². The summed E-state index contributed by atoms with van der Waals surface area (Å²) in [5, 5.41) is 3.72. The van der Waals surface area contributed by atoms with E-state index in [0.717, 1.165) is 16.5 Å². The van der Waals surface area contributed by atoms with E-state index in [1.165, 1.54) is 0 Å². The van der Waals surface area contributed by atoms with Crippen LogP contribution in [0.3, 0.4) is 0 Å². The Bertz CT molecular complexity index is 903. The molecule has 0 fully saturated rings. The maximum atomic E-state index is 11.9. The van der Waals surface area contributed by atoms with Gasteiger partial charge in [-0.1, -0.05) is 18.2 Å². The van der Waals surface area contributed by atoms with Gasteiger partial charge in [0.05, 0.1) is 7.11 Å². The zero-order chi connectivity index (χ0) is 18.4. The molecule has 4 N–H and O–H groups in total. The molecule has 0 spiro atoms. The Morgan fingerprint density at radius 2 is 1.81 bits per heavy atom. The third kappa shape index (κ3) is 4.32. The number of benzene rings is 2. The van der Waals surface area contributed by atoms with Crippen molar-refractivity contribution in [1.29, 1.82) is 0 Å². The molecule has 7 heteroatoms. The number of carbonyl (C=O) groups excluding carboxylic acids is 2. The van der Waals surface area contributed by atoms with Crippen molar-refractivity contribution in [1.82, 2.24) is 15.8 Å². The summed E-state index contributed by atoms with van der Waals surface area (Å²) in [7, 11) is 1.57. The number of aromatic amines is 1. The fourth-order valence-corrected chi connectivity index (χ4v) is 2.61. The van der Waals surface area contributed by atoms with Gasteiger partial charge in [-0.15, -0.1) is 0 Å². The maximum Gasteiger partial charge on any atom is 0.337 e. The fraction of sp³-hybridized carbons (Fsp3) is 0.158. The Morgan fingerprint density at radius 1 is 1.04 bits per heavy atom. The zero-order valence-electron chi connectivity index (χ0n) is 14.3. The third-order valence-electron chi connectivity index (χ3n) is 3.96. The molecule has 7 nitrogen and oxygen atoms in total. The molecule has 0 bridgehead atoms. The number of carbonyl (C=O) groups is 2. The van der Waals surface area contributed by atoms with Gasteiger partial charge in [-0.05, 0) is 42.3 Å². The van der Waals surface area contributed by atoms with E-state index in [-0.39, 0.29) is 12.3 Å². The topological polar surface area (TPSA) is 95.2 Å². The van der Waals surface area contributed by atoms with Crippen LogP contribution in [0.2, 0.25) is 0 Å². The molecule has 134 valence electrons. The van der Waals surface area contributed by atoms with Crippen molar-refractivity contribution in [3.05, 3.63) is 60.3 Å². The summed E-state index contributed by atoms with van der Waals surface area (Å²) < 4.78 is 5.05. The monoisotopic (exact) mass is 352 g/mol. The van der Waals surface area contributed by atoms with Crippen LogP contribution in [-0.4, -0.2) is 24.0 Å². The molecule has 0 unspecified atom stereocenters. The van der Waals surface area contributed by atoms with Gasteiger partial charge >= 0.3 is 6.03 Å². The number of para-hydroxylation sites is 1. The van der Waals surface area contributed by atoms with Crippen LogP contribution >= 0.6 is 0 Å². The van der Waals surface area contributed by atoms with Gasteiger partial charge < -0.3 is 15.0 Å². The number of urea groups is 1. The Kier molecular flexibility index (Phi) is 5.38. The number of methoxy groups -OCH3 is 1. The van der Waals surface area contributed by atoms with Gasteiger partial charge in [-0.3, -0.25) is 10.2 Å². The number of hydrazine groups is 1. The molecule has 3 amide bonds. The number of hydrogen-bond acceptors (Lipinski definition) is 3. The molecule has 0 aliphatic rings. The highest BCUT2D eigenvalue weighted by Gasteiger charge is 2.08. The SMILES string of the molecule is COc1ccc(NC(=O)NNC(=O)CCc2c[nH]c3ccccc23)cc1. The van der Waals surface area contributed by atoms with Crippen LogP contribution < -0.4 is 20.9 Å². The van der Waals surface area contributed by atoms with E-state index in [2.05, 4.69) is 21.2 Å². The van der Waals surface area contributed by atoms with Gasteiger partial charge in [0.2, 0.25) is 5.91 Å². The summed E-state index contributed by atoms with van der Waals surface area (Å²) in [6.45, 7) is 0. The Balaban J connectivity index is 1.44. The molecule has 3 aromatic rings. The maximum absolute atomic E-state index is 11.9.